The molecular weight excluding hydrogens is 479 g/mol. The van der Waals surface area contributed by atoms with Gasteiger partial charge in [-0.25, -0.2) is 4.99 Å². The summed E-state index contributed by atoms with van der Waals surface area (Å²) < 4.78 is 6.97. The molecule has 0 bridgehead atoms. The number of halogens is 3. The number of nitro benzene ring substituents is 1. The van der Waals surface area contributed by atoms with E-state index in [4.69, 9.17) is 32.9 Å². The summed E-state index contributed by atoms with van der Waals surface area (Å²) in [7, 11) is 0. The van der Waals surface area contributed by atoms with E-state index in [0.717, 1.165) is 21.3 Å². The van der Waals surface area contributed by atoms with Crippen molar-refractivity contribution in [2.24, 2.45) is 4.99 Å². The van der Waals surface area contributed by atoms with Crippen LogP contribution in [0.15, 0.2) is 70.1 Å². The topological polar surface area (TPSA) is 64.7 Å². The molecule has 1 atom stereocenters. The third kappa shape index (κ3) is 4.29. The lowest BCUT2D eigenvalue weighted by Gasteiger charge is -2.25. The van der Waals surface area contributed by atoms with Gasteiger partial charge in [-0.1, -0.05) is 39.1 Å². The molecule has 0 fully saturated rings. The molecule has 29 heavy (non-hydrogen) atoms. The number of aliphatic imine (C=N–C) groups is 1. The Morgan fingerprint density at radius 3 is 2.45 bits per heavy atom. The summed E-state index contributed by atoms with van der Waals surface area (Å²) in [6.45, 7) is 0. The molecule has 5 nitrogen and oxygen atoms in total. The fraction of sp³-hybridized carbons (Fsp3) is 0.0952. The Morgan fingerprint density at radius 1 is 1.03 bits per heavy atom. The summed E-state index contributed by atoms with van der Waals surface area (Å²) in [4.78, 5) is 15.3. The summed E-state index contributed by atoms with van der Waals surface area (Å²) in [5.74, 6) is 0.615. The molecule has 4 rings (SSSR count). The number of hydrogen-bond acceptors (Lipinski definition) is 4. The second kappa shape index (κ2) is 8.14. The number of fused-ring (bicyclic) bond motifs is 1. The molecule has 0 aromatic heterocycles. The molecule has 0 N–H and O–H groups in total. The lowest BCUT2D eigenvalue weighted by atomic mass is 9.99. The van der Waals surface area contributed by atoms with Crippen LogP contribution in [0.4, 0.5) is 5.69 Å². The first-order chi connectivity index (χ1) is 13.9. The van der Waals surface area contributed by atoms with Crippen molar-refractivity contribution in [1.29, 1.82) is 0 Å². The van der Waals surface area contributed by atoms with Crippen molar-refractivity contribution in [1.82, 2.24) is 0 Å². The number of nitrogens with zero attached hydrogens (tertiary/aromatic N) is 2. The van der Waals surface area contributed by atoms with Crippen molar-refractivity contribution < 1.29 is 9.66 Å². The fourth-order valence-electron chi connectivity index (χ4n) is 3.09. The molecule has 3 aromatic rings. The minimum Gasteiger partial charge on any atom is -0.464 e. The van der Waals surface area contributed by atoms with Gasteiger partial charge in [0.1, 0.15) is 5.75 Å². The van der Waals surface area contributed by atoms with E-state index in [1.165, 1.54) is 12.1 Å². The highest BCUT2D eigenvalue weighted by Crippen LogP contribution is 2.36. The normalized spacial score (nSPS) is 15.3. The average molecular weight is 492 g/mol. The Labute approximate surface area is 185 Å². The third-order valence-electron chi connectivity index (χ3n) is 4.52. The molecule has 1 heterocycles. The van der Waals surface area contributed by atoms with Gasteiger partial charge in [0.15, 0.2) is 0 Å². The Hall–Kier alpha value is -2.41. The van der Waals surface area contributed by atoms with E-state index in [0.29, 0.717) is 27.8 Å². The first kappa shape index (κ1) is 19.9. The number of rotatable bonds is 4. The largest absolute Gasteiger partial charge is 0.464 e. The maximum atomic E-state index is 10.9. The first-order valence-electron chi connectivity index (χ1n) is 8.62. The first-order valence-corrected chi connectivity index (χ1v) is 10.2. The lowest BCUT2D eigenvalue weighted by molar-refractivity contribution is -0.384. The van der Waals surface area contributed by atoms with Gasteiger partial charge in [0.25, 0.3) is 5.69 Å². The summed E-state index contributed by atoms with van der Waals surface area (Å²) in [5.41, 5.74) is 3.37. The highest BCUT2D eigenvalue weighted by molar-refractivity contribution is 9.10. The van der Waals surface area contributed by atoms with E-state index in [-0.39, 0.29) is 5.69 Å². The van der Waals surface area contributed by atoms with Crippen LogP contribution in [0.5, 0.6) is 5.75 Å². The van der Waals surface area contributed by atoms with E-state index in [2.05, 4.69) is 15.9 Å². The van der Waals surface area contributed by atoms with Gasteiger partial charge in [0, 0.05) is 44.2 Å². The van der Waals surface area contributed by atoms with Gasteiger partial charge in [-0.3, -0.25) is 10.1 Å². The monoisotopic (exact) mass is 490 g/mol. The summed E-state index contributed by atoms with van der Waals surface area (Å²) in [5, 5.41) is 12.1. The van der Waals surface area contributed by atoms with Crippen molar-refractivity contribution in [2.45, 2.75) is 12.6 Å². The van der Waals surface area contributed by atoms with Gasteiger partial charge >= 0.3 is 0 Å². The molecular formula is C21H13BrCl2N2O3. The molecule has 0 aliphatic carbocycles. The Bertz CT molecular complexity index is 1130. The zero-order valence-corrected chi connectivity index (χ0v) is 17.9. The van der Waals surface area contributed by atoms with Crippen molar-refractivity contribution in [3.05, 3.63) is 102 Å². The minimum absolute atomic E-state index is 0.0139. The van der Waals surface area contributed by atoms with Gasteiger partial charge in [-0.2, -0.15) is 0 Å². The zero-order valence-electron chi connectivity index (χ0n) is 14.8. The van der Waals surface area contributed by atoms with Crippen LogP contribution in [0.3, 0.4) is 0 Å². The van der Waals surface area contributed by atoms with Gasteiger partial charge in [0.05, 0.1) is 10.6 Å². The van der Waals surface area contributed by atoms with Crippen molar-refractivity contribution in [3.8, 4) is 5.75 Å². The quantitative estimate of drug-likeness (QED) is 0.298. The average Bonchev–Trinajstić information content (AvgIpc) is 2.70. The molecule has 146 valence electrons. The number of non-ortho nitro benzene ring substituents is 1. The molecule has 0 spiro atoms. The molecule has 0 saturated heterocycles. The van der Waals surface area contributed by atoms with Crippen LogP contribution in [-0.4, -0.2) is 10.6 Å². The smallest absolute Gasteiger partial charge is 0.269 e. The molecule has 1 aliphatic heterocycles. The van der Waals surface area contributed by atoms with Gasteiger partial charge < -0.3 is 4.74 Å². The molecule has 1 aliphatic rings. The summed E-state index contributed by atoms with van der Waals surface area (Å²) in [6, 6.07) is 17.2. The molecule has 8 heteroatoms. The molecule has 1 unspecified atom stereocenters. The van der Waals surface area contributed by atoms with Gasteiger partial charge in [-0.05, 0) is 54.1 Å². The third-order valence-corrected chi connectivity index (χ3v) is 5.76. The van der Waals surface area contributed by atoms with E-state index < -0.39 is 11.2 Å². The van der Waals surface area contributed by atoms with Crippen molar-refractivity contribution in [2.75, 3.05) is 0 Å². The van der Waals surface area contributed by atoms with E-state index in [1.807, 2.05) is 24.3 Å². The lowest BCUT2D eigenvalue weighted by Crippen LogP contribution is -2.19. The number of hydrogen-bond donors (Lipinski definition) is 0. The Balaban J connectivity index is 1.75. The second-order valence-electron chi connectivity index (χ2n) is 6.45. The second-order valence-corrected chi connectivity index (χ2v) is 8.17. The predicted octanol–water partition coefficient (Wildman–Crippen LogP) is 6.79. The number of benzene rings is 3. The van der Waals surface area contributed by atoms with Gasteiger partial charge in [-0.15, -0.1) is 0 Å². The molecule has 3 aromatic carbocycles. The minimum atomic E-state index is -0.630. The fourth-order valence-corrected chi connectivity index (χ4v) is 3.84. The van der Waals surface area contributed by atoms with Crippen LogP contribution in [0.2, 0.25) is 10.0 Å². The van der Waals surface area contributed by atoms with Crippen LogP contribution < -0.4 is 4.74 Å². The summed E-state index contributed by atoms with van der Waals surface area (Å²) in [6.07, 6.45) is -0.0995. The number of nitro groups is 1. The maximum absolute atomic E-state index is 10.9. The standard InChI is InChI=1S/C21H13BrCl2N2O3/c22-18-8-4-14(23)9-13(18)10-19-17-7-3-15(24)11-20(17)29-21(25-19)12-1-5-16(6-2-12)26(27)28/h1-9,11,21H,10H2. The van der Waals surface area contributed by atoms with E-state index in [9.17, 15) is 10.1 Å². The van der Waals surface area contributed by atoms with Crippen LogP contribution >= 0.6 is 39.1 Å². The highest BCUT2D eigenvalue weighted by Gasteiger charge is 2.25. The number of ether oxygens (including phenoxy) is 1. The molecule has 0 saturated carbocycles. The van der Waals surface area contributed by atoms with E-state index in [1.54, 1.807) is 24.3 Å². The van der Waals surface area contributed by atoms with Crippen LogP contribution in [0.25, 0.3) is 0 Å². The SMILES string of the molecule is O=[N+]([O-])c1ccc(C2N=C(Cc3cc(Cl)ccc3Br)c3ccc(Cl)cc3O2)cc1. The van der Waals surface area contributed by atoms with E-state index >= 15 is 0 Å². The predicted molar refractivity (Wildman–Crippen MR) is 117 cm³/mol. The maximum Gasteiger partial charge on any atom is 0.269 e. The Morgan fingerprint density at radius 2 is 1.72 bits per heavy atom. The van der Waals surface area contributed by atoms with Crippen molar-refractivity contribution in [3.63, 3.8) is 0 Å². The zero-order chi connectivity index (χ0) is 20.5. The van der Waals surface area contributed by atoms with Crippen LogP contribution in [0.1, 0.15) is 22.9 Å². The Kier molecular flexibility index (Phi) is 5.58. The van der Waals surface area contributed by atoms with Crippen LogP contribution in [0, 0.1) is 10.1 Å². The molecule has 0 amide bonds. The highest BCUT2D eigenvalue weighted by atomic mass is 79.9. The summed E-state index contributed by atoms with van der Waals surface area (Å²) >= 11 is 15.9. The molecule has 0 radical (unpaired) electrons. The van der Waals surface area contributed by atoms with Crippen LogP contribution in [-0.2, 0) is 6.42 Å². The van der Waals surface area contributed by atoms with Crippen molar-refractivity contribution >= 4 is 50.5 Å². The van der Waals surface area contributed by atoms with Gasteiger partial charge in [0.2, 0.25) is 6.23 Å².